The third-order valence-electron chi connectivity index (χ3n) is 3.57. The van der Waals surface area contributed by atoms with Gasteiger partial charge >= 0.3 is 0 Å². The summed E-state index contributed by atoms with van der Waals surface area (Å²) in [5.74, 6) is 0. The average Bonchev–Trinajstić information content (AvgIpc) is 3.24. The van der Waals surface area contributed by atoms with Crippen LogP contribution in [0.5, 0.6) is 0 Å². The Bertz CT molecular complexity index is 844. The number of nitrogens with one attached hydrogen (secondary N) is 1. The Morgan fingerprint density at radius 2 is 1.42 bits per heavy atom. The lowest BCUT2D eigenvalue weighted by Crippen LogP contribution is -1.88. The lowest BCUT2D eigenvalue weighted by Gasteiger charge is -2.08. The van der Waals surface area contributed by atoms with E-state index in [9.17, 15) is 0 Å². The molecule has 0 saturated heterocycles. The molecule has 0 aliphatic carbocycles. The molecule has 0 saturated carbocycles. The molecular weight excluding hydrogens is 232 g/mol. The molecule has 0 aromatic heterocycles. The molecule has 0 amide bonds. The van der Waals surface area contributed by atoms with Crippen molar-refractivity contribution >= 4 is 27.2 Å². The molecule has 2 nitrogen and oxygen atoms in total. The largest absolute Gasteiger partial charge is 0.342 e. The highest BCUT2D eigenvalue weighted by Crippen LogP contribution is 2.37. The summed E-state index contributed by atoms with van der Waals surface area (Å²) in [6.07, 6.45) is 0. The fourth-order valence-corrected chi connectivity index (χ4v) is 2.65. The minimum Gasteiger partial charge on any atom is -0.342 e. The lowest BCUT2D eigenvalue weighted by atomic mass is 9.96. The Balaban J connectivity index is 2.22. The Morgan fingerprint density at radius 3 is 1.95 bits per heavy atom. The van der Waals surface area contributed by atoms with Crippen molar-refractivity contribution in [3.63, 3.8) is 0 Å². The van der Waals surface area contributed by atoms with E-state index in [1.165, 1.54) is 21.5 Å². The van der Waals surface area contributed by atoms with Gasteiger partial charge in [0.15, 0.2) is 0 Å². The van der Waals surface area contributed by atoms with Gasteiger partial charge in [-0.05, 0) is 27.6 Å². The summed E-state index contributed by atoms with van der Waals surface area (Å²) in [6.45, 7) is 0. The lowest BCUT2D eigenvalue weighted by molar-refractivity contribution is 1.37. The molecule has 1 N–H and O–H groups in total. The van der Waals surface area contributed by atoms with Crippen molar-refractivity contribution in [2.24, 2.45) is 0 Å². The first-order valence-corrected chi connectivity index (χ1v) is 6.21. The van der Waals surface area contributed by atoms with E-state index in [2.05, 4.69) is 41.7 Å². The molecule has 0 unspecified atom stereocenters. The highest BCUT2D eigenvalue weighted by molar-refractivity contribution is 6.11. The van der Waals surface area contributed by atoms with Gasteiger partial charge in [0.1, 0.15) is 11.8 Å². The fraction of sp³-hybridized carbons (Fsp3) is 0. The van der Waals surface area contributed by atoms with Crippen molar-refractivity contribution in [1.29, 1.82) is 5.26 Å². The van der Waals surface area contributed by atoms with Gasteiger partial charge in [0, 0.05) is 5.56 Å². The van der Waals surface area contributed by atoms with Crippen LogP contribution in [-0.2, 0) is 0 Å². The third-order valence-corrected chi connectivity index (χ3v) is 3.57. The quantitative estimate of drug-likeness (QED) is 0.660. The monoisotopic (exact) mass is 242 g/mol. The smallest absolute Gasteiger partial charge is 0.142 e. The molecule has 3 aromatic rings. The first-order valence-electron chi connectivity index (χ1n) is 6.21. The first kappa shape index (κ1) is 10.2. The van der Waals surface area contributed by atoms with Gasteiger partial charge in [0.25, 0.3) is 0 Å². The van der Waals surface area contributed by atoms with Crippen molar-refractivity contribution in [2.45, 2.75) is 0 Å². The molecule has 4 rings (SSSR count). The molecule has 0 atom stereocenters. The molecule has 88 valence electrons. The van der Waals surface area contributed by atoms with Crippen molar-refractivity contribution in [3.8, 4) is 6.07 Å². The number of fused-ring (bicyclic) bond motifs is 2. The Labute approximate surface area is 110 Å². The van der Waals surface area contributed by atoms with Crippen molar-refractivity contribution in [3.05, 3.63) is 65.9 Å². The molecule has 0 spiro atoms. The SMILES string of the molecule is N#CC1=C(c2c3ccccc3cc3ccccc23)N1. The maximum atomic E-state index is 9.01. The van der Waals surface area contributed by atoms with Gasteiger partial charge in [-0.1, -0.05) is 48.5 Å². The van der Waals surface area contributed by atoms with Gasteiger partial charge in [-0.15, -0.1) is 0 Å². The van der Waals surface area contributed by atoms with Gasteiger partial charge in [-0.25, -0.2) is 0 Å². The first-order chi connectivity index (χ1) is 9.38. The highest BCUT2D eigenvalue weighted by Gasteiger charge is 2.25. The summed E-state index contributed by atoms with van der Waals surface area (Å²) in [6, 6.07) is 21.0. The van der Waals surface area contributed by atoms with Gasteiger partial charge in [0.05, 0.1) is 5.70 Å². The molecule has 3 aromatic carbocycles. The van der Waals surface area contributed by atoms with Crippen LogP contribution in [0, 0.1) is 11.3 Å². The van der Waals surface area contributed by atoms with Gasteiger partial charge in [-0.3, -0.25) is 0 Å². The number of nitriles is 1. The molecular formula is C17H10N2. The Morgan fingerprint density at radius 1 is 0.842 bits per heavy atom. The maximum Gasteiger partial charge on any atom is 0.142 e. The van der Waals surface area contributed by atoms with Crippen LogP contribution in [0.4, 0.5) is 0 Å². The van der Waals surface area contributed by atoms with E-state index < -0.39 is 0 Å². The molecule has 1 heterocycles. The second-order valence-corrected chi connectivity index (χ2v) is 4.68. The van der Waals surface area contributed by atoms with E-state index in [1.807, 2.05) is 24.3 Å². The normalized spacial score (nSPS) is 13.4. The number of rotatable bonds is 1. The summed E-state index contributed by atoms with van der Waals surface area (Å²) in [5, 5.41) is 16.9. The number of allylic oxidation sites excluding steroid dienone is 1. The average molecular weight is 242 g/mol. The van der Waals surface area contributed by atoms with Crippen molar-refractivity contribution in [2.75, 3.05) is 0 Å². The van der Waals surface area contributed by atoms with E-state index in [0.29, 0.717) is 5.70 Å². The number of hydrogen-bond donors (Lipinski definition) is 1. The zero-order valence-electron chi connectivity index (χ0n) is 10.1. The van der Waals surface area contributed by atoms with E-state index in [-0.39, 0.29) is 0 Å². The van der Waals surface area contributed by atoms with Crippen LogP contribution in [0.2, 0.25) is 0 Å². The van der Waals surface area contributed by atoms with Crippen LogP contribution in [0.25, 0.3) is 27.2 Å². The summed E-state index contributed by atoms with van der Waals surface area (Å²) in [5.41, 5.74) is 2.79. The van der Waals surface area contributed by atoms with Crippen molar-refractivity contribution in [1.82, 2.24) is 5.32 Å². The van der Waals surface area contributed by atoms with Crippen LogP contribution in [-0.4, -0.2) is 0 Å². The molecule has 1 aliphatic rings. The minimum atomic E-state index is 0.682. The number of benzene rings is 3. The molecule has 0 fully saturated rings. The number of nitrogens with zero attached hydrogens (tertiary/aromatic N) is 1. The zero-order chi connectivity index (χ0) is 12.8. The Hall–Kier alpha value is -2.79. The minimum absolute atomic E-state index is 0.682. The molecule has 2 heteroatoms. The summed E-state index contributed by atoms with van der Waals surface area (Å²) < 4.78 is 0. The van der Waals surface area contributed by atoms with E-state index in [1.54, 1.807) is 0 Å². The van der Waals surface area contributed by atoms with Gasteiger partial charge in [0.2, 0.25) is 0 Å². The van der Waals surface area contributed by atoms with E-state index >= 15 is 0 Å². The predicted molar refractivity (Wildman–Crippen MR) is 77.1 cm³/mol. The third kappa shape index (κ3) is 1.42. The Kier molecular flexibility index (Phi) is 1.93. The molecule has 1 aliphatic heterocycles. The zero-order valence-corrected chi connectivity index (χ0v) is 10.1. The van der Waals surface area contributed by atoms with Gasteiger partial charge in [-0.2, -0.15) is 5.26 Å². The summed E-state index contributed by atoms with van der Waals surface area (Å²) >= 11 is 0. The topological polar surface area (TPSA) is 45.7 Å². The highest BCUT2D eigenvalue weighted by atomic mass is 15.0. The van der Waals surface area contributed by atoms with Crippen LogP contribution >= 0.6 is 0 Å². The van der Waals surface area contributed by atoms with Crippen LogP contribution in [0.1, 0.15) is 5.56 Å². The van der Waals surface area contributed by atoms with Crippen LogP contribution in [0.15, 0.2) is 60.3 Å². The standard InChI is InChI=1S/C17H10N2/c18-10-15-17(19-15)16-13-7-3-1-5-11(13)9-12-6-2-4-8-14(12)16/h1-9,19H. The van der Waals surface area contributed by atoms with Crippen LogP contribution in [0.3, 0.4) is 0 Å². The fourth-order valence-electron chi connectivity index (χ4n) is 2.65. The van der Waals surface area contributed by atoms with Crippen LogP contribution < -0.4 is 5.32 Å². The second kappa shape index (κ2) is 3.60. The van der Waals surface area contributed by atoms with Gasteiger partial charge < -0.3 is 5.32 Å². The molecule has 0 bridgehead atoms. The predicted octanol–water partition coefficient (Wildman–Crippen LogP) is 3.79. The van der Waals surface area contributed by atoms with E-state index in [0.717, 1.165) is 11.3 Å². The second-order valence-electron chi connectivity index (χ2n) is 4.68. The summed E-state index contributed by atoms with van der Waals surface area (Å²) in [4.78, 5) is 0. The van der Waals surface area contributed by atoms with Crippen molar-refractivity contribution < 1.29 is 0 Å². The molecule has 0 radical (unpaired) electrons. The summed E-state index contributed by atoms with van der Waals surface area (Å²) in [7, 11) is 0. The molecule has 19 heavy (non-hydrogen) atoms. The number of hydrogen-bond acceptors (Lipinski definition) is 2. The van der Waals surface area contributed by atoms with E-state index in [4.69, 9.17) is 5.26 Å². The maximum absolute atomic E-state index is 9.01.